The SMILES string of the molecule is OC(c1cnc2ccsc2c1)C1CCCOC1. The lowest BCUT2D eigenvalue weighted by Crippen LogP contribution is -2.23. The highest BCUT2D eigenvalue weighted by atomic mass is 32.1. The third-order valence-corrected chi connectivity index (χ3v) is 4.16. The molecule has 2 unspecified atom stereocenters. The molecule has 0 radical (unpaired) electrons. The number of thiophene rings is 1. The molecule has 2 aromatic heterocycles. The minimum atomic E-state index is -0.450. The van der Waals surface area contributed by atoms with E-state index >= 15 is 0 Å². The van der Waals surface area contributed by atoms with E-state index in [1.165, 1.54) is 0 Å². The third-order valence-electron chi connectivity index (χ3n) is 3.31. The molecule has 1 saturated heterocycles. The van der Waals surface area contributed by atoms with Gasteiger partial charge in [-0.15, -0.1) is 11.3 Å². The molecule has 1 aliphatic rings. The van der Waals surface area contributed by atoms with Crippen LogP contribution >= 0.6 is 11.3 Å². The van der Waals surface area contributed by atoms with E-state index in [-0.39, 0.29) is 5.92 Å². The molecular weight excluding hydrogens is 234 g/mol. The predicted molar refractivity (Wildman–Crippen MR) is 68.1 cm³/mol. The molecule has 1 aliphatic heterocycles. The summed E-state index contributed by atoms with van der Waals surface area (Å²) >= 11 is 1.66. The maximum Gasteiger partial charge on any atom is 0.0855 e. The summed E-state index contributed by atoms with van der Waals surface area (Å²) in [7, 11) is 0. The maximum atomic E-state index is 10.3. The van der Waals surface area contributed by atoms with Gasteiger partial charge >= 0.3 is 0 Å². The van der Waals surface area contributed by atoms with Crippen molar-refractivity contribution in [1.82, 2.24) is 4.98 Å². The summed E-state index contributed by atoms with van der Waals surface area (Å²) in [5.41, 5.74) is 1.92. The second kappa shape index (κ2) is 4.72. The number of hydrogen-bond acceptors (Lipinski definition) is 4. The van der Waals surface area contributed by atoms with Crippen LogP contribution in [-0.2, 0) is 4.74 Å². The van der Waals surface area contributed by atoms with Gasteiger partial charge in [0.05, 0.1) is 22.9 Å². The van der Waals surface area contributed by atoms with Crippen LogP contribution in [0.2, 0.25) is 0 Å². The monoisotopic (exact) mass is 249 g/mol. The van der Waals surface area contributed by atoms with Gasteiger partial charge in [-0.3, -0.25) is 4.98 Å². The van der Waals surface area contributed by atoms with Crippen molar-refractivity contribution in [2.75, 3.05) is 13.2 Å². The van der Waals surface area contributed by atoms with Crippen LogP contribution in [0.4, 0.5) is 0 Å². The minimum absolute atomic E-state index is 0.211. The average molecular weight is 249 g/mol. The van der Waals surface area contributed by atoms with Gasteiger partial charge in [0.25, 0.3) is 0 Å². The van der Waals surface area contributed by atoms with Crippen molar-refractivity contribution in [3.63, 3.8) is 0 Å². The van der Waals surface area contributed by atoms with Gasteiger partial charge in [0.1, 0.15) is 0 Å². The Kier molecular flexibility index (Phi) is 3.09. The number of aromatic nitrogens is 1. The van der Waals surface area contributed by atoms with Crippen LogP contribution in [-0.4, -0.2) is 23.3 Å². The molecule has 90 valence electrons. The summed E-state index contributed by atoms with van der Waals surface area (Å²) in [5, 5.41) is 12.4. The molecule has 2 aromatic rings. The van der Waals surface area contributed by atoms with Crippen molar-refractivity contribution >= 4 is 21.6 Å². The molecule has 3 heterocycles. The molecule has 4 heteroatoms. The zero-order valence-electron chi connectivity index (χ0n) is 9.50. The summed E-state index contributed by atoms with van der Waals surface area (Å²) in [6.07, 6.45) is 3.41. The molecule has 1 fully saturated rings. The van der Waals surface area contributed by atoms with E-state index in [2.05, 4.69) is 4.98 Å². The topological polar surface area (TPSA) is 42.4 Å². The second-order valence-electron chi connectivity index (χ2n) is 4.49. The zero-order chi connectivity index (χ0) is 11.7. The number of aliphatic hydroxyl groups is 1. The first kappa shape index (κ1) is 11.1. The molecule has 0 bridgehead atoms. The van der Waals surface area contributed by atoms with Crippen LogP contribution in [0.3, 0.4) is 0 Å². The molecule has 17 heavy (non-hydrogen) atoms. The maximum absolute atomic E-state index is 10.3. The van der Waals surface area contributed by atoms with Crippen LogP contribution in [0.5, 0.6) is 0 Å². The summed E-state index contributed by atoms with van der Waals surface area (Å²) < 4.78 is 6.56. The Bertz CT molecular complexity index is 505. The molecule has 0 saturated carbocycles. The Hall–Kier alpha value is -0.970. The van der Waals surface area contributed by atoms with Crippen LogP contribution in [0, 0.1) is 5.92 Å². The summed E-state index contributed by atoms with van der Waals surface area (Å²) in [5.74, 6) is 0.211. The van der Waals surface area contributed by atoms with Crippen molar-refractivity contribution in [3.8, 4) is 0 Å². The summed E-state index contributed by atoms with van der Waals surface area (Å²) in [4.78, 5) is 4.37. The highest BCUT2D eigenvalue weighted by molar-refractivity contribution is 7.17. The fraction of sp³-hybridized carbons (Fsp3) is 0.462. The van der Waals surface area contributed by atoms with E-state index in [0.717, 1.165) is 35.2 Å². The number of hydrogen-bond donors (Lipinski definition) is 1. The Morgan fingerprint density at radius 3 is 3.29 bits per heavy atom. The van der Waals surface area contributed by atoms with Gasteiger partial charge < -0.3 is 9.84 Å². The normalized spacial score (nSPS) is 22.8. The molecule has 3 rings (SSSR count). The van der Waals surface area contributed by atoms with Gasteiger partial charge in [-0.2, -0.15) is 0 Å². The number of nitrogens with zero attached hydrogens (tertiary/aromatic N) is 1. The Labute approximate surface area is 104 Å². The van der Waals surface area contributed by atoms with Crippen molar-refractivity contribution in [2.45, 2.75) is 18.9 Å². The van der Waals surface area contributed by atoms with E-state index in [1.54, 1.807) is 17.5 Å². The van der Waals surface area contributed by atoms with Gasteiger partial charge in [-0.25, -0.2) is 0 Å². The van der Waals surface area contributed by atoms with Gasteiger partial charge in [0, 0.05) is 24.3 Å². The van der Waals surface area contributed by atoms with E-state index in [1.807, 2.05) is 17.5 Å². The van der Waals surface area contributed by atoms with Crippen LogP contribution in [0.25, 0.3) is 10.2 Å². The van der Waals surface area contributed by atoms with Gasteiger partial charge in [-0.1, -0.05) is 0 Å². The first-order valence-corrected chi connectivity index (χ1v) is 6.81. The Morgan fingerprint density at radius 2 is 2.47 bits per heavy atom. The molecule has 1 N–H and O–H groups in total. The lowest BCUT2D eigenvalue weighted by molar-refractivity contribution is -0.0100. The van der Waals surface area contributed by atoms with Crippen molar-refractivity contribution < 1.29 is 9.84 Å². The van der Waals surface area contributed by atoms with E-state index in [9.17, 15) is 5.11 Å². The number of rotatable bonds is 2. The number of aliphatic hydroxyl groups excluding tert-OH is 1. The highest BCUT2D eigenvalue weighted by Crippen LogP contribution is 2.30. The van der Waals surface area contributed by atoms with Crippen LogP contribution in [0.15, 0.2) is 23.7 Å². The smallest absolute Gasteiger partial charge is 0.0855 e. The number of fused-ring (bicyclic) bond motifs is 1. The van der Waals surface area contributed by atoms with E-state index in [0.29, 0.717) is 6.61 Å². The molecule has 0 aliphatic carbocycles. The fourth-order valence-electron chi connectivity index (χ4n) is 2.31. The Balaban J connectivity index is 1.86. The Morgan fingerprint density at radius 1 is 1.53 bits per heavy atom. The number of ether oxygens (including phenoxy) is 1. The molecule has 3 nitrogen and oxygen atoms in total. The largest absolute Gasteiger partial charge is 0.388 e. The van der Waals surface area contributed by atoms with Crippen LogP contribution in [0.1, 0.15) is 24.5 Å². The number of pyridine rings is 1. The van der Waals surface area contributed by atoms with E-state index in [4.69, 9.17) is 4.74 Å². The molecule has 0 amide bonds. The molecule has 0 spiro atoms. The standard InChI is InChI=1S/C13H15NO2S/c15-13(9-2-1-4-16-8-9)10-6-12-11(14-7-10)3-5-17-12/h3,5-7,9,13,15H,1-2,4,8H2. The first-order chi connectivity index (χ1) is 8.34. The highest BCUT2D eigenvalue weighted by Gasteiger charge is 2.24. The molecular formula is C13H15NO2S. The van der Waals surface area contributed by atoms with Crippen molar-refractivity contribution in [1.29, 1.82) is 0 Å². The average Bonchev–Trinajstić information content (AvgIpc) is 2.86. The van der Waals surface area contributed by atoms with Gasteiger partial charge in [-0.05, 0) is 30.4 Å². The predicted octanol–water partition coefficient (Wildman–Crippen LogP) is 2.76. The second-order valence-corrected chi connectivity index (χ2v) is 5.44. The zero-order valence-corrected chi connectivity index (χ0v) is 10.3. The van der Waals surface area contributed by atoms with E-state index < -0.39 is 6.10 Å². The molecule has 0 aromatic carbocycles. The lowest BCUT2D eigenvalue weighted by atomic mass is 9.92. The quantitative estimate of drug-likeness (QED) is 0.890. The summed E-state index contributed by atoms with van der Waals surface area (Å²) in [6.45, 7) is 1.48. The first-order valence-electron chi connectivity index (χ1n) is 5.93. The van der Waals surface area contributed by atoms with Gasteiger partial charge in [0.15, 0.2) is 0 Å². The van der Waals surface area contributed by atoms with Crippen LogP contribution < -0.4 is 0 Å². The fourth-order valence-corrected chi connectivity index (χ4v) is 3.10. The lowest BCUT2D eigenvalue weighted by Gasteiger charge is -2.26. The minimum Gasteiger partial charge on any atom is -0.388 e. The van der Waals surface area contributed by atoms with Crippen molar-refractivity contribution in [2.24, 2.45) is 5.92 Å². The van der Waals surface area contributed by atoms with Crippen molar-refractivity contribution in [3.05, 3.63) is 29.3 Å². The van der Waals surface area contributed by atoms with Gasteiger partial charge in [0.2, 0.25) is 0 Å². The third kappa shape index (κ3) is 2.20. The summed E-state index contributed by atoms with van der Waals surface area (Å²) in [6, 6.07) is 4.05. The molecule has 2 atom stereocenters.